The van der Waals surface area contributed by atoms with Crippen LogP contribution in [-0.2, 0) is 6.54 Å². The summed E-state index contributed by atoms with van der Waals surface area (Å²) in [5.74, 6) is 0.523. The maximum Gasteiger partial charge on any atom is 0.274 e. The molecular formula is C32H53N3O. The van der Waals surface area contributed by atoms with Gasteiger partial charge in [-0.15, -0.1) is 0 Å². The lowest BCUT2D eigenvalue weighted by atomic mass is 9.99. The molecule has 0 amide bonds. The van der Waals surface area contributed by atoms with Crippen LogP contribution in [0.25, 0.3) is 12.7 Å². The predicted molar refractivity (Wildman–Crippen MR) is 158 cm³/mol. The zero-order valence-electron chi connectivity index (χ0n) is 24.0. The highest BCUT2D eigenvalue weighted by molar-refractivity contribution is 5.60. The second-order valence-electron chi connectivity index (χ2n) is 10.6. The van der Waals surface area contributed by atoms with Crippen LogP contribution in [0, 0.1) is 12.8 Å². The molecule has 4 nitrogen and oxygen atoms in total. The fourth-order valence-corrected chi connectivity index (χ4v) is 5.00. The van der Waals surface area contributed by atoms with Gasteiger partial charge >= 0.3 is 0 Å². The Morgan fingerprint density at radius 3 is 2.14 bits per heavy atom. The molecule has 0 radical (unpaired) electrons. The van der Waals surface area contributed by atoms with Crippen molar-refractivity contribution in [3.8, 4) is 0 Å². The highest BCUT2D eigenvalue weighted by Gasteiger charge is 2.12. The molecule has 4 heteroatoms. The third-order valence-corrected chi connectivity index (χ3v) is 7.54. The van der Waals surface area contributed by atoms with Crippen LogP contribution in [0.15, 0.2) is 23.0 Å². The van der Waals surface area contributed by atoms with Crippen molar-refractivity contribution in [2.45, 2.75) is 118 Å². The minimum absolute atomic E-state index is 0.0481. The number of nitrogens with zero attached hydrogens (tertiary/aromatic N) is 2. The normalized spacial score (nSPS) is 12.9. The van der Waals surface area contributed by atoms with Gasteiger partial charge in [-0.05, 0) is 61.4 Å². The van der Waals surface area contributed by atoms with Crippen molar-refractivity contribution in [2.75, 3.05) is 18.0 Å². The van der Waals surface area contributed by atoms with Gasteiger partial charge in [-0.1, -0.05) is 98.1 Å². The molecule has 1 atom stereocenters. The van der Waals surface area contributed by atoms with Crippen LogP contribution in [-0.4, -0.2) is 22.9 Å². The molecule has 2 aromatic rings. The maximum absolute atomic E-state index is 13.2. The van der Waals surface area contributed by atoms with Gasteiger partial charge in [0.25, 0.3) is 5.56 Å². The standard InChI is InChI=1S/C32H53N3O/c1-7-11-14-16-21-34(22-17-15-12-8-2)30-20-19-29(26(5)23-30)24-31-27(6)33-35(32(31)36)25-28(10-4)18-13-9-3/h19-20,23-24,28,33H,6-18,21-22,25H2,1-5H3. The number of hydrogen-bond acceptors (Lipinski definition) is 2. The van der Waals surface area contributed by atoms with Crippen LogP contribution in [0.4, 0.5) is 5.69 Å². The van der Waals surface area contributed by atoms with Crippen LogP contribution in [0.2, 0.25) is 0 Å². The monoisotopic (exact) mass is 495 g/mol. The lowest BCUT2D eigenvalue weighted by Crippen LogP contribution is -2.35. The van der Waals surface area contributed by atoms with E-state index in [9.17, 15) is 4.79 Å². The van der Waals surface area contributed by atoms with Crippen LogP contribution in [0.5, 0.6) is 0 Å². The molecule has 1 unspecified atom stereocenters. The summed E-state index contributed by atoms with van der Waals surface area (Å²) in [6.45, 7) is 18.3. The number of rotatable bonds is 18. The summed E-state index contributed by atoms with van der Waals surface area (Å²) >= 11 is 0. The number of aromatic amines is 1. The summed E-state index contributed by atoms with van der Waals surface area (Å²) in [6.07, 6.45) is 17.0. The first-order chi connectivity index (χ1) is 17.4. The molecule has 0 aliphatic rings. The molecule has 2 rings (SSSR count). The molecule has 1 N–H and O–H groups in total. The van der Waals surface area contributed by atoms with Crippen molar-refractivity contribution in [1.29, 1.82) is 0 Å². The Morgan fingerprint density at radius 2 is 1.58 bits per heavy atom. The number of H-pyrrole nitrogens is 1. The zero-order valence-corrected chi connectivity index (χ0v) is 24.0. The van der Waals surface area contributed by atoms with E-state index >= 15 is 0 Å². The lowest BCUT2D eigenvalue weighted by Gasteiger charge is -2.26. The zero-order chi connectivity index (χ0) is 26.3. The Balaban J connectivity index is 2.24. The van der Waals surface area contributed by atoms with Gasteiger partial charge in [0.2, 0.25) is 0 Å². The van der Waals surface area contributed by atoms with Crippen LogP contribution in [0.3, 0.4) is 0 Å². The number of aromatic nitrogens is 2. The van der Waals surface area contributed by atoms with Gasteiger partial charge < -0.3 is 4.90 Å². The predicted octanol–water partition coefficient (Wildman–Crippen LogP) is 6.91. The first-order valence-corrected chi connectivity index (χ1v) is 14.8. The van der Waals surface area contributed by atoms with Gasteiger partial charge in [0.05, 0.1) is 10.6 Å². The van der Waals surface area contributed by atoms with Gasteiger partial charge in [0.1, 0.15) is 0 Å². The van der Waals surface area contributed by atoms with Gasteiger partial charge in [0.15, 0.2) is 0 Å². The van der Waals surface area contributed by atoms with Gasteiger partial charge in [-0.25, -0.2) is 0 Å². The molecule has 1 aromatic carbocycles. The van der Waals surface area contributed by atoms with Gasteiger partial charge in [-0.3, -0.25) is 14.6 Å². The number of aryl methyl sites for hydroxylation is 1. The molecule has 0 aliphatic carbocycles. The Labute approximate surface area is 220 Å². The SMILES string of the molecule is C=c1[nH]n(CC(CC)CCCC)c(=O)c1=Cc1ccc(N(CCCCCC)CCCCCC)cc1C. The van der Waals surface area contributed by atoms with E-state index in [0.29, 0.717) is 16.5 Å². The van der Waals surface area contributed by atoms with Gasteiger partial charge in [-0.2, -0.15) is 0 Å². The molecule has 0 spiro atoms. The van der Waals surface area contributed by atoms with Crippen LogP contribution in [0.1, 0.15) is 116 Å². The first kappa shape index (κ1) is 30.0. The topological polar surface area (TPSA) is 41.0 Å². The third kappa shape index (κ3) is 9.33. The molecule has 202 valence electrons. The molecule has 1 heterocycles. The van der Waals surface area contributed by atoms with E-state index in [1.165, 1.54) is 75.5 Å². The molecule has 0 fully saturated rings. The van der Waals surface area contributed by atoms with E-state index in [-0.39, 0.29) is 5.56 Å². The molecule has 0 bridgehead atoms. The number of unbranched alkanes of at least 4 members (excludes halogenated alkanes) is 7. The average molecular weight is 496 g/mol. The van der Waals surface area contributed by atoms with Crippen molar-refractivity contribution >= 4 is 18.3 Å². The van der Waals surface area contributed by atoms with E-state index < -0.39 is 0 Å². The second kappa shape index (κ2) is 16.5. The van der Waals surface area contributed by atoms with Crippen molar-refractivity contribution < 1.29 is 0 Å². The Morgan fingerprint density at radius 1 is 0.944 bits per heavy atom. The third-order valence-electron chi connectivity index (χ3n) is 7.54. The molecular weight excluding hydrogens is 442 g/mol. The van der Waals surface area contributed by atoms with Crippen LogP contribution < -0.4 is 21.0 Å². The van der Waals surface area contributed by atoms with E-state index in [1.807, 2.05) is 6.08 Å². The van der Waals surface area contributed by atoms with Crippen molar-refractivity contribution in [1.82, 2.24) is 9.78 Å². The summed E-state index contributed by atoms with van der Waals surface area (Å²) in [6, 6.07) is 6.73. The highest BCUT2D eigenvalue weighted by Crippen LogP contribution is 2.21. The average Bonchev–Trinajstić information content (AvgIpc) is 3.13. The summed E-state index contributed by atoms with van der Waals surface area (Å²) in [7, 11) is 0. The minimum atomic E-state index is 0.0481. The van der Waals surface area contributed by atoms with E-state index in [4.69, 9.17) is 0 Å². The van der Waals surface area contributed by atoms with Crippen molar-refractivity contribution in [2.24, 2.45) is 5.92 Å². The van der Waals surface area contributed by atoms with Crippen molar-refractivity contribution in [3.63, 3.8) is 0 Å². The van der Waals surface area contributed by atoms with Crippen molar-refractivity contribution in [3.05, 3.63) is 50.2 Å². The second-order valence-corrected chi connectivity index (χ2v) is 10.6. The van der Waals surface area contributed by atoms with E-state index in [2.05, 4.69) is 69.4 Å². The Kier molecular flexibility index (Phi) is 13.8. The Bertz CT molecular complexity index is 1040. The number of anilines is 1. The fourth-order valence-electron chi connectivity index (χ4n) is 5.00. The molecule has 0 saturated heterocycles. The quantitative estimate of drug-likeness (QED) is 0.228. The summed E-state index contributed by atoms with van der Waals surface area (Å²) in [5.41, 5.74) is 3.66. The molecule has 0 saturated carbocycles. The smallest absolute Gasteiger partial charge is 0.274 e. The number of hydrogen-bond donors (Lipinski definition) is 1. The minimum Gasteiger partial charge on any atom is -0.372 e. The molecule has 36 heavy (non-hydrogen) atoms. The highest BCUT2D eigenvalue weighted by atomic mass is 16.1. The molecule has 0 aliphatic heterocycles. The Hall–Kier alpha value is -2.23. The van der Waals surface area contributed by atoms with Gasteiger partial charge in [0, 0.05) is 25.3 Å². The number of benzene rings is 1. The molecule has 1 aromatic heterocycles. The number of nitrogens with one attached hydrogen (secondary N) is 1. The summed E-state index contributed by atoms with van der Waals surface area (Å²) < 4.78 is 1.77. The maximum atomic E-state index is 13.2. The fraction of sp³-hybridized carbons (Fsp3) is 0.656. The van der Waals surface area contributed by atoms with E-state index in [1.54, 1.807) is 4.68 Å². The lowest BCUT2D eigenvalue weighted by molar-refractivity contribution is 0.366. The van der Waals surface area contributed by atoms with E-state index in [0.717, 1.165) is 38.0 Å². The first-order valence-electron chi connectivity index (χ1n) is 14.8. The van der Waals surface area contributed by atoms with Crippen LogP contribution >= 0.6 is 0 Å². The summed E-state index contributed by atoms with van der Waals surface area (Å²) in [5, 5.41) is 4.64. The summed E-state index contributed by atoms with van der Waals surface area (Å²) in [4.78, 5) is 15.8. The largest absolute Gasteiger partial charge is 0.372 e.